The van der Waals surface area contributed by atoms with Crippen LogP contribution in [0.2, 0.25) is 0 Å². The van der Waals surface area contributed by atoms with Crippen LogP contribution in [-0.4, -0.2) is 29.7 Å². The lowest BCUT2D eigenvalue weighted by Crippen LogP contribution is -2.30. The molecule has 1 aromatic carbocycles. The molecule has 0 fully saturated rings. The lowest BCUT2D eigenvalue weighted by molar-refractivity contribution is 0.0945. The third kappa shape index (κ3) is 3.66. The van der Waals surface area contributed by atoms with Crippen molar-refractivity contribution >= 4 is 17.2 Å². The third-order valence-corrected chi connectivity index (χ3v) is 4.71. The molecule has 0 saturated heterocycles. The maximum Gasteiger partial charge on any atom is 0.262 e. The highest BCUT2D eigenvalue weighted by Gasteiger charge is 2.23. The zero-order valence-corrected chi connectivity index (χ0v) is 15.0. The molecule has 25 heavy (non-hydrogen) atoms. The standard InChI is InChI=1S/C18H19N3O3S/c1-21-7-6-19-17(21)16(20-18(22)15-5-4-8-25-15)12-9-13(23-2)11-14(10-12)24-3/h4-11,16H,1-3H3,(H,20,22)/t16-/m1/s1. The number of aryl methyl sites for hydroxylation is 1. The van der Waals surface area contributed by atoms with E-state index in [0.717, 1.165) is 11.4 Å². The summed E-state index contributed by atoms with van der Waals surface area (Å²) >= 11 is 1.40. The number of methoxy groups -OCH3 is 2. The summed E-state index contributed by atoms with van der Waals surface area (Å²) in [5.74, 6) is 1.88. The molecule has 0 bridgehead atoms. The first-order valence-corrected chi connectivity index (χ1v) is 8.55. The van der Waals surface area contributed by atoms with Gasteiger partial charge in [-0.3, -0.25) is 4.79 Å². The molecule has 3 rings (SSSR count). The molecule has 130 valence electrons. The van der Waals surface area contributed by atoms with Crippen LogP contribution in [0.5, 0.6) is 11.5 Å². The molecule has 0 radical (unpaired) electrons. The van der Waals surface area contributed by atoms with E-state index in [4.69, 9.17) is 9.47 Å². The Morgan fingerprint density at radius 3 is 2.48 bits per heavy atom. The lowest BCUT2D eigenvalue weighted by Gasteiger charge is -2.20. The molecule has 0 spiro atoms. The van der Waals surface area contributed by atoms with Crippen LogP contribution in [-0.2, 0) is 7.05 Å². The molecule has 0 saturated carbocycles. The molecule has 1 atom stereocenters. The van der Waals surface area contributed by atoms with E-state index in [0.29, 0.717) is 16.4 Å². The predicted molar refractivity (Wildman–Crippen MR) is 96.4 cm³/mol. The average Bonchev–Trinajstić information content (AvgIpc) is 3.31. The summed E-state index contributed by atoms with van der Waals surface area (Å²) in [5, 5.41) is 4.93. The van der Waals surface area contributed by atoms with Gasteiger partial charge in [0.1, 0.15) is 23.4 Å². The third-order valence-electron chi connectivity index (χ3n) is 3.84. The first kappa shape index (κ1) is 17.0. The molecule has 2 aromatic heterocycles. The topological polar surface area (TPSA) is 65.4 Å². The van der Waals surface area contributed by atoms with Crippen LogP contribution in [0.4, 0.5) is 0 Å². The number of aromatic nitrogens is 2. The maximum absolute atomic E-state index is 12.6. The Morgan fingerprint density at radius 1 is 1.24 bits per heavy atom. The molecular formula is C18H19N3O3S. The van der Waals surface area contributed by atoms with Crippen LogP contribution in [0.1, 0.15) is 27.1 Å². The molecule has 1 amide bonds. The Balaban J connectivity index is 2.02. The van der Waals surface area contributed by atoms with Gasteiger partial charge in [-0.2, -0.15) is 0 Å². The van der Waals surface area contributed by atoms with Crippen molar-refractivity contribution in [3.63, 3.8) is 0 Å². The lowest BCUT2D eigenvalue weighted by atomic mass is 10.0. The largest absolute Gasteiger partial charge is 0.497 e. The molecule has 0 aliphatic rings. The summed E-state index contributed by atoms with van der Waals surface area (Å²) < 4.78 is 12.6. The smallest absolute Gasteiger partial charge is 0.262 e. The van der Waals surface area contributed by atoms with E-state index < -0.39 is 6.04 Å². The number of nitrogens with zero attached hydrogens (tertiary/aromatic N) is 2. The Morgan fingerprint density at radius 2 is 1.96 bits per heavy atom. The Labute approximate surface area is 150 Å². The molecule has 0 unspecified atom stereocenters. The van der Waals surface area contributed by atoms with E-state index in [1.54, 1.807) is 32.5 Å². The van der Waals surface area contributed by atoms with Gasteiger partial charge in [0.2, 0.25) is 0 Å². The van der Waals surface area contributed by atoms with Crippen molar-refractivity contribution in [2.45, 2.75) is 6.04 Å². The fraction of sp³-hybridized carbons (Fsp3) is 0.222. The number of nitrogens with one attached hydrogen (secondary N) is 1. The van der Waals surface area contributed by atoms with Crippen molar-refractivity contribution in [2.75, 3.05) is 14.2 Å². The van der Waals surface area contributed by atoms with Gasteiger partial charge in [-0.1, -0.05) is 6.07 Å². The fourth-order valence-electron chi connectivity index (χ4n) is 2.56. The van der Waals surface area contributed by atoms with Gasteiger partial charge in [-0.25, -0.2) is 4.98 Å². The zero-order valence-electron chi connectivity index (χ0n) is 14.2. The van der Waals surface area contributed by atoms with E-state index in [1.807, 2.05) is 41.4 Å². The van der Waals surface area contributed by atoms with Crippen LogP contribution in [0.25, 0.3) is 0 Å². The Kier molecular flexibility index (Phi) is 5.04. The number of hydrogen-bond donors (Lipinski definition) is 1. The van der Waals surface area contributed by atoms with Crippen LogP contribution < -0.4 is 14.8 Å². The quantitative estimate of drug-likeness (QED) is 0.736. The van der Waals surface area contributed by atoms with Crippen LogP contribution >= 0.6 is 11.3 Å². The van der Waals surface area contributed by atoms with E-state index in [2.05, 4.69) is 10.3 Å². The Hall–Kier alpha value is -2.80. The van der Waals surface area contributed by atoms with Crippen molar-refractivity contribution in [3.05, 3.63) is 64.4 Å². The van der Waals surface area contributed by atoms with Crippen LogP contribution in [0.15, 0.2) is 48.1 Å². The normalized spacial score (nSPS) is 11.8. The highest BCUT2D eigenvalue weighted by Crippen LogP contribution is 2.29. The number of imidazole rings is 1. The van der Waals surface area contributed by atoms with Crippen molar-refractivity contribution < 1.29 is 14.3 Å². The number of carbonyl (C=O) groups excluding carboxylic acids is 1. The second-order valence-electron chi connectivity index (χ2n) is 5.43. The number of hydrogen-bond acceptors (Lipinski definition) is 5. The van der Waals surface area contributed by atoms with E-state index in [9.17, 15) is 4.79 Å². The molecule has 1 N–H and O–H groups in total. The number of ether oxygens (including phenoxy) is 2. The van der Waals surface area contributed by atoms with Gasteiger partial charge < -0.3 is 19.4 Å². The van der Waals surface area contributed by atoms with Crippen molar-refractivity contribution in [1.29, 1.82) is 0 Å². The highest BCUT2D eigenvalue weighted by molar-refractivity contribution is 7.12. The molecule has 3 aromatic rings. The maximum atomic E-state index is 12.6. The summed E-state index contributed by atoms with van der Waals surface area (Å²) in [6.45, 7) is 0. The monoisotopic (exact) mass is 357 g/mol. The number of thiophene rings is 1. The number of carbonyl (C=O) groups is 1. The first-order chi connectivity index (χ1) is 12.1. The second kappa shape index (κ2) is 7.40. The van der Waals surface area contributed by atoms with Gasteiger partial charge in [0.25, 0.3) is 5.91 Å². The average molecular weight is 357 g/mol. The van der Waals surface area contributed by atoms with Gasteiger partial charge in [0, 0.05) is 25.5 Å². The minimum Gasteiger partial charge on any atom is -0.497 e. The first-order valence-electron chi connectivity index (χ1n) is 7.67. The zero-order chi connectivity index (χ0) is 17.8. The second-order valence-corrected chi connectivity index (χ2v) is 6.37. The van der Waals surface area contributed by atoms with Gasteiger partial charge in [0.05, 0.1) is 19.1 Å². The Bertz CT molecular complexity index is 836. The minimum absolute atomic E-state index is 0.148. The molecule has 7 heteroatoms. The summed E-state index contributed by atoms with van der Waals surface area (Å²) in [6, 6.07) is 8.75. The SMILES string of the molecule is COc1cc(OC)cc([C@@H](NC(=O)c2cccs2)c2nccn2C)c1. The van der Waals surface area contributed by atoms with Gasteiger partial charge in [-0.05, 0) is 29.1 Å². The van der Waals surface area contributed by atoms with Crippen LogP contribution in [0, 0.1) is 0 Å². The molecular weight excluding hydrogens is 338 g/mol. The van der Waals surface area contributed by atoms with Gasteiger partial charge >= 0.3 is 0 Å². The number of benzene rings is 1. The number of rotatable bonds is 6. The van der Waals surface area contributed by atoms with E-state index >= 15 is 0 Å². The molecule has 6 nitrogen and oxygen atoms in total. The summed E-state index contributed by atoms with van der Waals surface area (Å²) in [5.41, 5.74) is 0.829. The summed E-state index contributed by atoms with van der Waals surface area (Å²) in [4.78, 5) is 17.7. The fourth-order valence-corrected chi connectivity index (χ4v) is 3.19. The van der Waals surface area contributed by atoms with Crippen molar-refractivity contribution in [3.8, 4) is 11.5 Å². The van der Waals surface area contributed by atoms with E-state index in [1.165, 1.54) is 11.3 Å². The van der Waals surface area contributed by atoms with Crippen molar-refractivity contribution in [2.24, 2.45) is 7.05 Å². The predicted octanol–water partition coefficient (Wildman–Crippen LogP) is 3.02. The summed E-state index contributed by atoms with van der Waals surface area (Å²) in [6.07, 6.45) is 3.55. The number of amides is 1. The molecule has 0 aliphatic heterocycles. The summed E-state index contributed by atoms with van der Waals surface area (Å²) in [7, 11) is 5.08. The van der Waals surface area contributed by atoms with E-state index in [-0.39, 0.29) is 5.91 Å². The minimum atomic E-state index is -0.432. The van der Waals surface area contributed by atoms with Gasteiger partial charge in [0.15, 0.2) is 0 Å². The highest BCUT2D eigenvalue weighted by atomic mass is 32.1. The van der Waals surface area contributed by atoms with Crippen LogP contribution in [0.3, 0.4) is 0 Å². The molecule has 0 aliphatic carbocycles. The molecule has 2 heterocycles. The van der Waals surface area contributed by atoms with Crippen molar-refractivity contribution in [1.82, 2.24) is 14.9 Å². The van der Waals surface area contributed by atoms with Gasteiger partial charge in [-0.15, -0.1) is 11.3 Å².